The Balaban J connectivity index is 2.14. The summed E-state index contributed by atoms with van der Waals surface area (Å²) in [5.74, 6) is -0.103. The van der Waals surface area contributed by atoms with Crippen LogP contribution in [-0.4, -0.2) is 48.1 Å². The Kier molecular flexibility index (Phi) is 6.72. The number of amides is 1. The first-order chi connectivity index (χ1) is 8.61. The number of nitrogens with one attached hydrogen (secondary N) is 1. The zero-order valence-corrected chi connectivity index (χ0v) is 11.2. The largest absolute Gasteiger partial charge is 0.481 e. The molecule has 0 saturated carbocycles. The molecule has 2 N–H and O–H groups in total. The SMILES string of the molecule is CCCNC(=O)CN1CCC(CCC(=O)O)CC1. The monoisotopic (exact) mass is 256 g/mol. The summed E-state index contributed by atoms with van der Waals surface area (Å²) in [5.41, 5.74) is 0. The molecule has 1 rings (SSSR count). The van der Waals surface area contributed by atoms with Gasteiger partial charge in [-0.2, -0.15) is 0 Å². The molecule has 0 bridgehead atoms. The number of aliphatic carboxylic acids is 1. The van der Waals surface area contributed by atoms with Crippen LogP contribution in [0.5, 0.6) is 0 Å². The van der Waals surface area contributed by atoms with E-state index in [1.807, 2.05) is 6.92 Å². The Bertz CT molecular complexity index is 273. The summed E-state index contributed by atoms with van der Waals surface area (Å²) in [6, 6.07) is 0. The highest BCUT2D eigenvalue weighted by Gasteiger charge is 2.21. The Hall–Kier alpha value is -1.10. The first-order valence-electron chi connectivity index (χ1n) is 6.82. The molecule has 18 heavy (non-hydrogen) atoms. The van der Waals surface area contributed by atoms with Crippen LogP contribution in [0.1, 0.15) is 39.0 Å². The summed E-state index contributed by atoms with van der Waals surface area (Å²) in [5, 5.41) is 11.5. The van der Waals surface area contributed by atoms with E-state index in [0.29, 0.717) is 12.5 Å². The van der Waals surface area contributed by atoms with Crippen LogP contribution in [0, 0.1) is 5.92 Å². The Morgan fingerprint density at radius 2 is 2.00 bits per heavy atom. The minimum atomic E-state index is -0.712. The Labute approximate surface area is 109 Å². The molecule has 1 fully saturated rings. The molecule has 1 heterocycles. The molecule has 1 aliphatic heterocycles. The van der Waals surface area contributed by atoms with E-state index in [-0.39, 0.29) is 12.3 Å². The van der Waals surface area contributed by atoms with E-state index in [1.54, 1.807) is 0 Å². The van der Waals surface area contributed by atoms with Crippen molar-refractivity contribution in [3.8, 4) is 0 Å². The van der Waals surface area contributed by atoms with Gasteiger partial charge in [-0.25, -0.2) is 0 Å². The summed E-state index contributed by atoms with van der Waals surface area (Å²) in [6.45, 7) is 5.07. The van der Waals surface area contributed by atoms with E-state index in [2.05, 4.69) is 10.2 Å². The molecule has 0 radical (unpaired) electrons. The zero-order chi connectivity index (χ0) is 13.4. The van der Waals surface area contributed by atoms with Crippen molar-refractivity contribution in [1.82, 2.24) is 10.2 Å². The number of rotatable bonds is 7. The average Bonchev–Trinajstić information content (AvgIpc) is 2.35. The number of likely N-dealkylation sites (tertiary alicyclic amines) is 1. The van der Waals surface area contributed by atoms with Crippen molar-refractivity contribution in [3.63, 3.8) is 0 Å². The van der Waals surface area contributed by atoms with Gasteiger partial charge in [-0.3, -0.25) is 14.5 Å². The second-order valence-electron chi connectivity index (χ2n) is 5.00. The van der Waals surface area contributed by atoms with Crippen LogP contribution >= 0.6 is 0 Å². The molecule has 1 saturated heterocycles. The normalized spacial score (nSPS) is 17.6. The molecule has 0 aromatic heterocycles. The maximum Gasteiger partial charge on any atom is 0.303 e. The van der Waals surface area contributed by atoms with Crippen molar-refractivity contribution in [3.05, 3.63) is 0 Å². The number of carbonyl (C=O) groups excluding carboxylic acids is 1. The van der Waals surface area contributed by atoms with Gasteiger partial charge in [0.2, 0.25) is 5.91 Å². The molecule has 1 aliphatic rings. The lowest BCUT2D eigenvalue weighted by Gasteiger charge is -2.31. The van der Waals surface area contributed by atoms with E-state index in [4.69, 9.17) is 5.11 Å². The quantitative estimate of drug-likeness (QED) is 0.715. The van der Waals surface area contributed by atoms with Gasteiger partial charge in [0.15, 0.2) is 0 Å². The molecule has 1 amide bonds. The van der Waals surface area contributed by atoms with Gasteiger partial charge in [0.25, 0.3) is 0 Å². The second-order valence-corrected chi connectivity index (χ2v) is 5.00. The van der Waals surface area contributed by atoms with E-state index in [9.17, 15) is 9.59 Å². The number of carboxylic acid groups (broad SMARTS) is 1. The second kappa shape index (κ2) is 8.08. The Morgan fingerprint density at radius 1 is 1.33 bits per heavy atom. The summed E-state index contributed by atoms with van der Waals surface area (Å²) < 4.78 is 0. The van der Waals surface area contributed by atoms with E-state index < -0.39 is 5.97 Å². The Morgan fingerprint density at radius 3 is 2.56 bits per heavy atom. The lowest BCUT2D eigenvalue weighted by molar-refractivity contribution is -0.137. The van der Waals surface area contributed by atoms with Crippen LogP contribution in [0.4, 0.5) is 0 Å². The molecule has 104 valence electrons. The summed E-state index contributed by atoms with van der Waals surface area (Å²) in [4.78, 5) is 24.2. The third-order valence-electron chi connectivity index (χ3n) is 3.41. The van der Waals surface area contributed by atoms with Gasteiger partial charge >= 0.3 is 5.97 Å². The van der Waals surface area contributed by atoms with Crippen LogP contribution in [0.15, 0.2) is 0 Å². The first-order valence-corrected chi connectivity index (χ1v) is 6.82. The summed E-state index contributed by atoms with van der Waals surface area (Å²) >= 11 is 0. The van der Waals surface area contributed by atoms with E-state index >= 15 is 0 Å². The van der Waals surface area contributed by atoms with Crippen molar-refractivity contribution >= 4 is 11.9 Å². The van der Waals surface area contributed by atoms with Crippen molar-refractivity contribution in [2.45, 2.75) is 39.0 Å². The first kappa shape index (κ1) is 15.0. The summed E-state index contributed by atoms with van der Waals surface area (Å²) in [6.07, 6.45) is 4.01. The summed E-state index contributed by atoms with van der Waals surface area (Å²) in [7, 11) is 0. The van der Waals surface area contributed by atoms with Gasteiger partial charge < -0.3 is 10.4 Å². The molecule has 0 aromatic rings. The third kappa shape index (κ3) is 6.00. The predicted molar refractivity (Wildman–Crippen MR) is 69.3 cm³/mol. The molecule has 0 atom stereocenters. The van der Waals surface area contributed by atoms with Gasteiger partial charge in [0, 0.05) is 13.0 Å². The van der Waals surface area contributed by atoms with Crippen LogP contribution < -0.4 is 5.32 Å². The third-order valence-corrected chi connectivity index (χ3v) is 3.41. The lowest BCUT2D eigenvalue weighted by atomic mass is 9.92. The smallest absolute Gasteiger partial charge is 0.303 e. The zero-order valence-electron chi connectivity index (χ0n) is 11.2. The maximum atomic E-state index is 11.5. The molecule has 5 nitrogen and oxygen atoms in total. The van der Waals surface area contributed by atoms with Crippen LogP contribution in [0.3, 0.4) is 0 Å². The van der Waals surface area contributed by atoms with Gasteiger partial charge in [-0.1, -0.05) is 6.92 Å². The number of piperidine rings is 1. The standard InChI is InChI=1S/C13H24N2O3/c1-2-7-14-12(16)10-15-8-5-11(6-9-15)3-4-13(17)18/h11H,2-10H2,1H3,(H,14,16)(H,17,18). The van der Waals surface area contributed by atoms with Gasteiger partial charge in [0.1, 0.15) is 0 Å². The predicted octanol–water partition coefficient (Wildman–Crippen LogP) is 1.09. The molecule has 0 spiro atoms. The number of nitrogens with zero attached hydrogens (tertiary/aromatic N) is 1. The molecular formula is C13H24N2O3. The minimum Gasteiger partial charge on any atom is -0.481 e. The van der Waals surface area contributed by atoms with Crippen LogP contribution in [0.2, 0.25) is 0 Å². The number of carboxylic acids is 1. The molecule has 0 aromatic carbocycles. The maximum absolute atomic E-state index is 11.5. The van der Waals surface area contributed by atoms with Crippen LogP contribution in [-0.2, 0) is 9.59 Å². The lowest BCUT2D eigenvalue weighted by Crippen LogP contribution is -2.41. The highest BCUT2D eigenvalue weighted by molar-refractivity contribution is 5.77. The molecular weight excluding hydrogens is 232 g/mol. The van der Waals surface area contributed by atoms with Crippen LogP contribution in [0.25, 0.3) is 0 Å². The minimum absolute atomic E-state index is 0.0980. The molecule has 0 aliphatic carbocycles. The van der Waals surface area contributed by atoms with E-state index in [1.165, 1.54) is 0 Å². The van der Waals surface area contributed by atoms with Crippen molar-refractivity contribution in [2.24, 2.45) is 5.92 Å². The topological polar surface area (TPSA) is 69.6 Å². The average molecular weight is 256 g/mol. The number of carbonyl (C=O) groups is 2. The fourth-order valence-electron chi connectivity index (χ4n) is 2.28. The van der Waals surface area contributed by atoms with Gasteiger partial charge in [-0.05, 0) is 44.7 Å². The number of hydrogen-bond acceptors (Lipinski definition) is 3. The van der Waals surface area contributed by atoms with Crippen molar-refractivity contribution < 1.29 is 14.7 Å². The van der Waals surface area contributed by atoms with Gasteiger partial charge in [-0.15, -0.1) is 0 Å². The fraction of sp³-hybridized carbons (Fsp3) is 0.846. The number of hydrogen-bond donors (Lipinski definition) is 2. The van der Waals surface area contributed by atoms with Gasteiger partial charge in [0.05, 0.1) is 6.54 Å². The van der Waals surface area contributed by atoms with Crippen molar-refractivity contribution in [2.75, 3.05) is 26.2 Å². The van der Waals surface area contributed by atoms with E-state index in [0.717, 1.165) is 45.3 Å². The fourth-order valence-corrected chi connectivity index (χ4v) is 2.28. The molecule has 5 heteroatoms. The highest BCUT2D eigenvalue weighted by atomic mass is 16.4. The molecule has 0 unspecified atom stereocenters. The van der Waals surface area contributed by atoms with Crippen molar-refractivity contribution in [1.29, 1.82) is 0 Å². The highest BCUT2D eigenvalue weighted by Crippen LogP contribution is 2.21.